The van der Waals surface area contributed by atoms with Crippen LogP contribution in [0.3, 0.4) is 0 Å². The lowest BCUT2D eigenvalue weighted by Crippen LogP contribution is -2.33. The highest BCUT2D eigenvalue weighted by Crippen LogP contribution is 2.61. The number of hydrogen-bond acceptors (Lipinski definition) is 4. The van der Waals surface area contributed by atoms with Crippen LogP contribution in [0.1, 0.15) is 49.5 Å². The van der Waals surface area contributed by atoms with Crippen molar-refractivity contribution in [2.24, 2.45) is 16.7 Å². The standard InChI is InChI=1S/C11H15NO2.C10H14O2/c1-12(2)8-7-9-3-5-10(6-4-9)11(13)14;1-9(2)6-4-5-10(9,3)8(12)7(6)11/h3-6H,7-8H2,1-2H3,(H,13,14);6H,4-5H2,1-3H3. The second kappa shape index (κ2) is 7.31. The average molecular weight is 359 g/mol. The van der Waals surface area contributed by atoms with E-state index in [9.17, 15) is 14.4 Å². The Bertz CT molecular complexity index is 705. The molecule has 0 spiro atoms. The molecular formula is C21H29NO4. The summed E-state index contributed by atoms with van der Waals surface area (Å²) in [5.74, 6) is -1.10. The van der Waals surface area contributed by atoms with Crippen molar-refractivity contribution in [3.05, 3.63) is 35.4 Å². The molecule has 0 aromatic heterocycles. The second-order valence-corrected chi connectivity index (χ2v) is 8.39. The first-order valence-electron chi connectivity index (χ1n) is 9.06. The van der Waals surface area contributed by atoms with E-state index in [2.05, 4.69) is 4.90 Å². The fraction of sp³-hybridized carbons (Fsp3) is 0.571. The Labute approximate surface area is 155 Å². The van der Waals surface area contributed by atoms with Crippen LogP contribution in [-0.2, 0) is 16.0 Å². The molecule has 5 heteroatoms. The number of carbonyl (C=O) groups excluding carboxylic acids is 2. The molecule has 2 aliphatic carbocycles. The third-order valence-corrected chi connectivity index (χ3v) is 6.32. The molecule has 2 aliphatic rings. The van der Waals surface area contributed by atoms with Gasteiger partial charge in [-0.25, -0.2) is 4.79 Å². The van der Waals surface area contributed by atoms with Gasteiger partial charge in [-0.05, 0) is 56.5 Å². The molecule has 0 amide bonds. The fourth-order valence-corrected chi connectivity index (χ4v) is 3.96. The number of ketones is 2. The van der Waals surface area contributed by atoms with Gasteiger partial charge in [0.2, 0.25) is 11.6 Å². The van der Waals surface area contributed by atoms with Crippen molar-refractivity contribution in [1.82, 2.24) is 4.90 Å². The minimum Gasteiger partial charge on any atom is -0.478 e. The van der Waals surface area contributed by atoms with E-state index in [1.165, 1.54) is 5.56 Å². The summed E-state index contributed by atoms with van der Waals surface area (Å²) in [5, 5.41) is 8.69. The predicted molar refractivity (Wildman–Crippen MR) is 100 cm³/mol. The quantitative estimate of drug-likeness (QED) is 0.836. The molecule has 1 aromatic rings. The third-order valence-electron chi connectivity index (χ3n) is 6.32. The minimum atomic E-state index is -0.871. The largest absolute Gasteiger partial charge is 0.478 e. The Kier molecular flexibility index (Phi) is 5.71. The number of carboxylic acids is 1. The molecule has 0 heterocycles. The SMILES string of the molecule is CC12CCC(C(=O)C1=O)C2(C)C.CN(C)CCc1ccc(C(=O)O)cc1. The second-order valence-electron chi connectivity index (χ2n) is 8.39. The van der Waals surface area contributed by atoms with Crippen LogP contribution >= 0.6 is 0 Å². The van der Waals surface area contributed by atoms with Crippen molar-refractivity contribution < 1.29 is 19.5 Å². The van der Waals surface area contributed by atoms with Gasteiger partial charge < -0.3 is 10.0 Å². The van der Waals surface area contributed by atoms with Crippen molar-refractivity contribution in [3.8, 4) is 0 Å². The number of fused-ring (bicyclic) bond motifs is 2. The molecule has 2 bridgehead atoms. The molecule has 2 unspecified atom stereocenters. The fourth-order valence-electron chi connectivity index (χ4n) is 3.96. The molecule has 1 aromatic carbocycles. The normalized spacial score (nSPS) is 26.0. The Hall–Kier alpha value is -2.01. The predicted octanol–water partition coefficient (Wildman–Crippen LogP) is 3.07. The van der Waals surface area contributed by atoms with Crippen LogP contribution in [-0.4, -0.2) is 48.2 Å². The third kappa shape index (κ3) is 3.58. The molecule has 0 radical (unpaired) electrons. The van der Waals surface area contributed by atoms with Crippen molar-refractivity contribution in [3.63, 3.8) is 0 Å². The number of carbonyl (C=O) groups is 3. The first-order valence-corrected chi connectivity index (χ1v) is 9.06. The molecule has 5 nitrogen and oxygen atoms in total. The van der Waals surface area contributed by atoms with E-state index in [4.69, 9.17) is 5.11 Å². The van der Waals surface area contributed by atoms with Gasteiger partial charge in [0.15, 0.2) is 0 Å². The zero-order chi connectivity index (χ0) is 19.7. The molecule has 142 valence electrons. The molecule has 26 heavy (non-hydrogen) atoms. The van der Waals surface area contributed by atoms with Crippen LogP contribution in [0, 0.1) is 16.7 Å². The van der Waals surface area contributed by atoms with Gasteiger partial charge in [0.25, 0.3) is 0 Å². The molecule has 2 saturated carbocycles. The monoisotopic (exact) mass is 359 g/mol. The lowest BCUT2D eigenvalue weighted by molar-refractivity contribution is -0.141. The van der Waals surface area contributed by atoms with Crippen LogP contribution in [0.15, 0.2) is 24.3 Å². The topological polar surface area (TPSA) is 74.7 Å². The Morgan fingerprint density at radius 1 is 1.15 bits per heavy atom. The number of nitrogens with zero attached hydrogens (tertiary/aromatic N) is 1. The Morgan fingerprint density at radius 3 is 2.08 bits per heavy atom. The zero-order valence-electron chi connectivity index (χ0n) is 16.3. The maximum Gasteiger partial charge on any atom is 0.335 e. The highest BCUT2D eigenvalue weighted by atomic mass is 16.4. The minimum absolute atomic E-state index is 0.00926. The summed E-state index contributed by atoms with van der Waals surface area (Å²) in [7, 11) is 4.04. The molecule has 2 atom stereocenters. The maximum atomic E-state index is 11.6. The summed E-state index contributed by atoms with van der Waals surface area (Å²) in [4.78, 5) is 35.7. The van der Waals surface area contributed by atoms with Gasteiger partial charge in [0, 0.05) is 17.9 Å². The van der Waals surface area contributed by atoms with Gasteiger partial charge in [-0.3, -0.25) is 9.59 Å². The Morgan fingerprint density at radius 2 is 1.73 bits per heavy atom. The van der Waals surface area contributed by atoms with E-state index in [-0.39, 0.29) is 28.3 Å². The first-order chi connectivity index (χ1) is 12.0. The number of rotatable bonds is 4. The number of likely N-dealkylation sites (N-methyl/N-ethyl adjacent to an activating group) is 1. The molecule has 2 fully saturated rings. The highest BCUT2D eigenvalue weighted by molar-refractivity contribution is 6.43. The average Bonchev–Trinajstić information content (AvgIpc) is 2.88. The highest BCUT2D eigenvalue weighted by Gasteiger charge is 2.66. The van der Waals surface area contributed by atoms with E-state index in [1.54, 1.807) is 12.1 Å². The lowest BCUT2D eigenvalue weighted by atomic mass is 9.70. The van der Waals surface area contributed by atoms with Crippen molar-refractivity contribution in [1.29, 1.82) is 0 Å². The van der Waals surface area contributed by atoms with Gasteiger partial charge in [-0.15, -0.1) is 0 Å². The molecule has 1 N–H and O–H groups in total. The number of benzene rings is 1. The molecule has 0 aliphatic heterocycles. The number of Topliss-reactive ketones (excluding diaryl/α,β-unsaturated/α-hetero) is 2. The van der Waals surface area contributed by atoms with Gasteiger partial charge in [-0.2, -0.15) is 0 Å². The maximum absolute atomic E-state index is 11.6. The summed E-state index contributed by atoms with van der Waals surface area (Å²) in [6, 6.07) is 7.03. The van der Waals surface area contributed by atoms with Crippen LogP contribution < -0.4 is 0 Å². The van der Waals surface area contributed by atoms with Crippen molar-refractivity contribution in [2.45, 2.75) is 40.0 Å². The summed E-state index contributed by atoms with van der Waals surface area (Å²) in [5.41, 5.74) is 1.07. The van der Waals surface area contributed by atoms with E-state index in [0.717, 1.165) is 25.8 Å². The smallest absolute Gasteiger partial charge is 0.335 e. The van der Waals surface area contributed by atoms with Gasteiger partial charge in [0.1, 0.15) is 0 Å². The lowest BCUT2D eigenvalue weighted by Gasteiger charge is -2.31. The number of hydrogen-bond donors (Lipinski definition) is 1. The first kappa shape index (κ1) is 20.3. The summed E-state index contributed by atoms with van der Waals surface area (Å²) < 4.78 is 0. The van der Waals surface area contributed by atoms with Gasteiger partial charge >= 0.3 is 5.97 Å². The van der Waals surface area contributed by atoms with E-state index < -0.39 is 5.97 Å². The molecule has 3 rings (SSSR count). The van der Waals surface area contributed by atoms with Crippen LogP contribution in [0.4, 0.5) is 0 Å². The van der Waals surface area contributed by atoms with Crippen molar-refractivity contribution >= 4 is 17.5 Å². The Balaban J connectivity index is 0.000000189. The van der Waals surface area contributed by atoms with Gasteiger partial charge in [0.05, 0.1) is 5.56 Å². The number of aromatic carboxylic acids is 1. The number of carboxylic acid groups (broad SMARTS) is 1. The molecular weight excluding hydrogens is 330 g/mol. The summed E-state index contributed by atoms with van der Waals surface area (Å²) in [6.07, 6.45) is 2.76. The summed E-state index contributed by atoms with van der Waals surface area (Å²) >= 11 is 0. The van der Waals surface area contributed by atoms with Crippen LogP contribution in [0.2, 0.25) is 0 Å². The van der Waals surface area contributed by atoms with Gasteiger partial charge in [-0.1, -0.05) is 32.9 Å². The van der Waals surface area contributed by atoms with E-state index in [1.807, 2.05) is 47.0 Å². The van der Waals surface area contributed by atoms with Crippen molar-refractivity contribution in [2.75, 3.05) is 20.6 Å². The summed E-state index contributed by atoms with van der Waals surface area (Å²) in [6.45, 7) is 7.02. The van der Waals surface area contributed by atoms with Crippen LogP contribution in [0.25, 0.3) is 0 Å². The zero-order valence-corrected chi connectivity index (χ0v) is 16.3. The van der Waals surface area contributed by atoms with E-state index in [0.29, 0.717) is 5.56 Å². The molecule has 0 saturated heterocycles. The van der Waals surface area contributed by atoms with E-state index >= 15 is 0 Å². The van der Waals surface area contributed by atoms with Crippen LogP contribution in [0.5, 0.6) is 0 Å².